The summed E-state index contributed by atoms with van der Waals surface area (Å²) in [4.78, 5) is 2.89. The van der Waals surface area contributed by atoms with Crippen LogP contribution in [0.25, 0.3) is 42.8 Å². The van der Waals surface area contributed by atoms with Crippen molar-refractivity contribution in [3.63, 3.8) is 0 Å². The zero-order valence-corrected chi connectivity index (χ0v) is 28.3. The largest absolute Gasteiger partial charge is 0.494 e. The van der Waals surface area contributed by atoms with Crippen LogP contribution in [0.4, 0.5) is 0 Å². The molecule has 230 valence electrons. The minimum atomic E-state index is -0.347. The van der Waals surface area contributed by atoms with Gasteiger partial charge in [-0.1, -0.05) is 95.0 Å². The molecule has 4 aromatic carbocycles. The van der Waals surface area contributed by atoms with Crippen LogP contribution in [0.15, 0.2) is 72.8 Å². The lowest BCUT2D eigenvalue weighted by atomic mass is 9.78. The molecule has 0 spiro atoms. The van der Waals surface area contributed by atoms with Crippen molar-refractivity contribution in [1.29, 1.82) is 0 Å². The molecule has 0 atom stereocenters. The lowest BCUT2D eigenvalue weighted by Crippen LogP contribution is -2.41. The zero-order chi connectivity index (χ0) is 30.7. The molecule has 2 heterocycles. The van der Waals surface area contributed by atoms with Crippen LogP contribution in [0.1, 0.15) is 104 Å². The molecule has 0 N–H and O–H groups in total. The van der Waals surface area contributed by atoms with Crippen LogP contribution < -0.4 is 5.46 Å². The normalized spacial score (nSPS) is 16.1. The molecule has 4 heteroatoms. The van der Waals surface area contributed by atoms with Gasteiger partial charge in [-0.15, -0.1) is 11.3 Å². The Bertz CT molecular complexity index is 1720. The van der Waals surface area contributed by atoms with Gasteiger partial charge in [0, 0.05) is 9.75 Å². The van der Waals surface area contributed by atoms with Gasteiger partial charge in [0.25, 0.3) is 0 Å². The van der Waals surface area contributed by atoms with Crippen LogP contribution in [-0.4, -0.2) is 18.3 Å². The van der Waals surface area contributed by atoms with Crippen molar-refractivity contribution >= 4 is 56.2 Å². The summed E-state index contributed by atoms with van der Waals surface area (Å²) in [7, 11) is -0.347. The molecule has 1 aliphatic heterocycles. The maximum Gasteiger partial charge on any atom is 0.494 e. The van der Waals surface area contributed by atoms with Crippen molar-refractivity contribution in [2.75, 3.05) is 0 Å². The van der Waals surface area contributed by atoms with Crippen molar-refractivity contribution in [1.82, 2.24) is 0 Å². The predicted octanol–water partition coefficient (Wildman–Crippen LogP) is 11.6. The van der Waals surface area contributed by atoms with Crippen LogP contribution in [0.5, 0.6) is 0 Å². The molecule has 0 radical (unpaired) electrons. The Labute approximate surface area is 269 Å². The molecule has 44 heavy (non-hydrogen) atoms. The summed E-state index contributed by atoms with van der Waals surface area (Å²) in [6, 6.07) is 27.5. The first-order valence-corrected chi connectivity index (χ1v) is 17.9. The molecule has 2 nitrogen and oxygen atoms in total. The molecular weight excluding hydrogens is 555 g/mol. The topological polar surface area (TPSA) is 18.5 Å². The second-order valence-electron chi connectivity index (χ2n) is 14.0. The fourth-order valence-electron chi connectivity index (χ4n) is 6.50. The highest BCUT2D eigenvalue weighted by Gasteiger charge is 2.51. The van der Waals surface area contributed by atoms with E-state index in [1.165, 1.54) is 118 Å². The minimum Gasteiger partial charge on any atom is -0.399 e. The monoisotopic (exact) mass is 604 g/mol. The highest BCUT2D eigenvalue weighted by atomic mass is 32.1. The van der Waals surface area contributed by atoms with Crippen LogP contribution >= 0.6 is 11.3 Å². The summed E-state index contributed by atoms with van der Waals surface area (Å²) in [6.45, 7) is 10.7. The van der Waals surface area contributed by atoms with Gasteiger partial charge in [0.2, 0.25) is 0 Å². The van der Waals surface area contributed by atoms with E-state index in [4.69, 9.17) is 9.31 Å². The van der Waals surface area contributed by atoms with E-state index in [0.717, 1.165) is 5.46 Å². The van der Waals surface area contributed by atoms with E-state index < -0.39 is 0 Å². The van der Waals surface area contributed by atoms with Crippen molar-refractivity contribution in [3.05, 3.63) is 77.7 Å². The van der Waals surface area contributed by atoms with E-state index in [1.54, 1.807) is 0 Å². The third kappa shape index (κ3) is 6.93. The molecule has 0 aliphatic carbocycles. The first-order valence-electron chi connectivity index (χ1n) is 17.1. The Balaban J connectivity index is 1.12. The number of hydrogen-bond acceptors (Lipinski definition) is 3. The number of thiophene rings is 1. The van der Waals surface area contributed by atoms with Crippen LogP contribution in [-0.2, 0) is 15.7 Å². The number of unbranched alkanes of at least 4 members (excludes halogenated alkanes) is 9. The van der Waals surface area contributed by atoms with Gasteiger partial charge in [-0.2, -0.15) is 0 Å². The first-order chi connectivity index (χ1) is 21.2. The molecule has 1 aliphatic rings. The van der Waals surface area contributed by atoms with Crippen molar-refractivity contribution < 1.29 is 9.31 Å². The summed E-state index contributed by atoms with van der Waals surface area (Å²) < 4.78 is 12.7. The van der Waals surface area contributed by atoms with Gasteiger partial charge in [-0.05, 0) is 126 Å². The second kappa shape index (κ2) is 13.4. The van der Waals surface area contributed by atoms with E-state index in [1.807, 2.05) is 11.3 Å². The van der Waals surface area contributed by atoms with E-state index in [2.05, 4.69) is 107 Å². The SMILES string of the molecule is CCCCCCCCCCCCc1ccc(-c2ccc3cc4cc5ccc(B6OC(C)(C)C(C)(C)O6)cc5cc4cc3c2)s1. The number of rotatable bonds is 13. The average Bonchev–Trinajstić information content (AvgIpc) is 3.56. The summed E-state index contributed by atoms with van der Waals surface area (Å²) in [5.74, 6) is 0. The molecule has 0 unspecified atom stereocenters. The average molecular weight is 605 g/mol. The maximum absolute atomic E-state index is 6.33. The smallest absolute Gasteiger partial charge is 0.399 e. The number of fused-ring (bicyclic) bond motifs is 3. The van der Waals surface area contributed by atoms with Crippen LogP contribution in [0.2, 0.25) is 0 Å². The lowest BCUT2D eigenvalue weighted by molar-refractivity contribution is 0.00578. The Morgan fingerprint density at radius 3 is 1.70 bits per heavy atom. The van der Waals surface area contributed by atoms with Crippen molar-refractivity contribution in [2.45, 2.75) is 116 Å². The van der Waals surface area contributed by atoms with Crippen LogP contribution in [0.3, 0.4) is 0 Å². The number of aryl methyl sites for hydroxylation is 1. The molecule has 6 rings (SSSR count). The van der Waals surface area contributed by atoms with Crippen LogP contribution in [0, 0.1) is 0 Å². The zero-order valence-electron chi connectivity index (χ0n) is 27.5. The molecule has 1 fully saturated rings. The molecular formula is C40H49BO2S. The Morgan fingerprint density at radius 2 is 1.07 bits per heavy atom. The highest BCUT2D eigenvalue weighted by Crippen LogP contribution is 2.37. The lowest BCUT2D eigenvalue weighted by Gasteiger charge is -2.32. The molecule has 1 aromatic heterocycles. The fourth-order valence-corrected chi connectivity index (χ4v) is 7.55. The molecule has 5 aromatic rings. The number of benzene rings is 4. The minimum absolute atomic E-state index is 0.344. The van der Waals surface area contributed by atoms with Gasteiger partial charge in [-0.3, -0.25) is 0 Å². The van der Waals surface area contributed by atoms with Gasteiger partial charge in [0.1, 0.15) is 0 Å². The van der Waals surface area contributed by atoms with E-state index >= 15 is 0 Å². The Morgan fingerprint density at radius 1 is 0.545 bits per heavy atom. The van der Waals surface area contributed by atoms with E-state index in [0.29, 0.717) is 0 Å². The third-order valence-corrected chi connectivity index (χ3v) is 11.2. The second-order valence-corrected chi connectivity index (χ2v) is 15.2. The molecule has 0 amide bonds. The molecule has 0 saturated carbocycles. The van der Waals surface area contributed by atoms with Gasteiger partial charge in [-0.25, -0.2) is 0 Å². The van der Waals surface area contributed by atoms with Gasteiger partial charge >= 0.3 is 7.12 Å². The third-order valence-electron chi connectivity index (χ3n) is 10.0. The maximum atomic E-state index is 6.33. The van der Waals surface area contributed by atoms with Gasteiger partial charge < -0.3 is 9.31 Å². The Kier molecular flexibility index (Phi) is 9.52. The first kappa shape index (κ1) is 31.3. The summed E-state index contributed by atoms with van der Waals surface area (Å²) >= 11 is 1.97. The quantitative estimate of drug-likeness (QED) is 0.0756. The highest BCUT2D eigenvalue weighted by molar-refractivity contribution is 7.15. The predicted molar refractivity (Wildman–Crippen MR) is 194 cm³/mol. The molecule has 0 bridgehead atoms. The van der Waals surface area contributed by atoms with Gasteiger partial charge in [0.15, 0.2) is 0 Å². The van der Waals surface area contributed by atoms with E-state index in [-0.39, 0.29) is 18.3 Å². The Hall–Kier alpha value is -2.66. The summed E-state index contributed by atoms with van der Waals surface area (Å²) in [5.41, 5.74) is 1.70. The fraction of sp³-hybridized carbons (Fsp3) is 0.450. The standard InChI is InChI=1S/C40H49BO2S/c1-6-7-8-9-10-11-12-13-14-15-16-37-21-22-38(44-37)31-18-17-29-23-33-24-30-19-20-36(41-42-39(2,3)40(4,5)43-41)28-35(30)27-34(33)26-32(29)25-31/h17-28H,6-16H2,1-5H3. The summed E-state index contributed by atoms with van der Waals surface area (Å²) in [5, 5.41) is 7.58. The summed E-state index contributed by atoms with van der Waals surface area (Å²) in [6.07, 6.45) is 15.1. The van der Waals surface area contributed by atoms with Crippen molar-refractivity contribution in [2.24, 2.45) is 0 Å². The number of hydrogen-bond donors (Lipinski definition) is 0. The van der Waals surface area contributed by atoms with Crippen molar-refractivity contribution in [3.8, 4) is 10.4 Å². The van der Waals surface area contributed by atoms with E-state index in [9.17, 15) is 0 Å². The van der Waals surface area contributed by atoms with Gasteiger partial charge in [0.05, 0.1) is 11.2 Å². The molecule has 1 saturated heterocycles.